The molecule has 3 heterocycles. The summed E-state index contributed by atoms with van der Waals surface area (Å²) >= 11 is 5.75. The van der Waals surface area contributed by atoms with Crippen molar-refractivity contribution in [2.75, 3.05) is 31.1 Å². The van der Waals surface area contributed by atoms with Crippen LogP contribution in [0.15, 0.2) is 49.1 Å². The van der Waals surface area contributed by atoms with Crippen molar-refractivity contribution in [3.63, 3.8) is 0 Å². The van der Waals surface area contributed by atoms with Gasteiger partial charge in [-0.05, 0) is 43.8 Å². The number of aryl methyl sites for hydroxylation is 2. The number of anilines is 1. The number of quaternary nitrogens is 1. The van der Waals surface area contributed by atoms with E-state index in [2.05, 4.69) is 68.4 Å². The molecule has 0 atom stereocenters. The van der Waals surface area contributed by atoms with Crippen molar-refractivity contribution in [1.82, 2.24) is 19.1 Å². The number of piperazine rings is 1. The number of hydrogen-bond donors (Lipinski definition) is 1. The molecule has 1 fully saturated rings. The van der Waals surface area contributed by atoms with Crippen LogP contribution in [-0.2, 0) is 6.67 Å². The van der Waals surface area contributed by atoms with E-state index in [4.69, 9.17) is 12.2 Å². The summed E-state index contributed by atoms with van der Waals surface area (Å²) in [5.74, 6) is 0.828. The van der Waals surface area contributed by atoms with Crippen LogP contribution in [0, 0.1) is 18.6 Å². The van der Waals surface area contributed by atoms with Gasteiger partial charge in [0.2, 0.25) is 5.95 Å². The van der Waals surface area contributed by atoms with Crippen LogP contribution in [0.5, 0.6) is 0 Å². The minimum absolute atomic E-state index is 0.828. The Morgan fingerprint density at radius 1 is 1.07 bits per heavy atom. The van der Waals surface area contributed by atoms with E-state index in [0.29, 0.717) is 0 Å². The molecule has 4 rings (SSSR count). The molecule has 27 heavy (non-hydrogen) atoms. The van der Waals surface area contributed by atoms with E-state index in [0.717, 1.165) is 49.3 Å². The molecule has 0 amide bonds. The fourth-order valence-electron chi connectivity index (χ4n) is 3.67. The first-order valence-corrected chi connectivity index (χ1v) is 9.73. The van der Waals surface area contributed by atoms with Gasteiger partial charge in [0.15, 0.2) is 11.4 Å². The molecule has 1 aromatic carbocycles. The van der Waals surface area contributed by atoms with Crippen LogP contribution in [0.3, 0.4) is 0 Å². The predicted octanol–water partition coefficient (Wildman–Crippen LogP) is 1.78. The Bertz CT molecular complexity index is 970. The maximum absolute atomic E-state index is 5.75. The quantitative estimate of drug-likeness (QED) is 0.700. The lowest BCUT2D eigenvalue weighted by atomic mass is 10.1. The molecule has 0 spiro atoms. The Kier molecular flexibility index (Phi) is 5.05. The average Bonchev–Trinajstić information content (AvgIpc) is 3.03. The van der Waals surface area contributed by atoms with Gasteiger partial charge in [-0.3, -0.25) is 9.13 Å². The molecule has 140 valence electrons. The second kappa shape index (κ2) is 7.62. The molecular formula is C20H25N6S+. The fourth-order valence-corrected chi connectivity index (χ4v) is 3.95. The predicted molar refractivity (Wildman–Crippen MR) is 109 cm³/mol. The molecule has 0 aliphatic carbocycles. The van der Waals surface area contributed by atoms with Gasteiger partial charge in [0.1, 0.15) is 0 Å². The molecule has 2 aromatic heterocycles. The number of nitrogens with zero attached hydrogens (tertiary/aromatic N) is 5. The monoisotopic (exact) mass is 381 g/mol. The van der Waals surface area contributed by atoms with Crippen LogP contribution in [0.1, 0.15) is 11.1 Å². The maximum atomic E-state index is 5.75. The number of nitrogens with one attached hydrogen (secondary N) is 1. The molecule has 0 unspecified atom stereocenters. The molecule has 1 aliphatic rings. The maximum Gasteiger partial charge on any atom is 0.225 e. The van der Waals surface area contributed by atoms with Gasteiger partial charge in [-0.15, -0.1) is 0 Å². The van der Waals surface area contributed by atoms with Crippen LogP contribution in [-0.4, -0.2) is 45.3 Å². The van der Waals surface area contributed by atoms with Gasteiger partial charge < -0.3 is 9.80 Å². The smallest absolute Gasteiger partial charge is 0.225 e. The molecule has 1 N–H and O–H groups in total. The lowest BCUT2D eigenvalue weighted by molar-refractivity contribution is -0.923. The Morgan fingerprint density at radius 3 is 2.52 bits per heavy atom. The van der Waals surface area contributed by atoms with Crippen molar-refractivity contribution in [2.45, 2.75) is 20.5 Å². The Balaban J connectivity index is 1.44. The molecule has 1 aliphatic heterocycles. The highest BCUT2D eigenvalue weighted by Gasteiger charge is 2.22. The van der Waals surface area contributed by atoms with E-state index in [-0.39, 0.29) is 0 Å². The lowest BCUT2D eigenvalue weighted by Crippen LogP contribution is -3.14. The van der Waals surface area contributed by atoms with Crippen molar-refractivity contribution >= 4 is 18.2 Å². The standard InChI is InChI=1S/C20H24N6S/c1-16-4-5-18(17(2)14-16)26-13-12-25(20(26)27)15-23-8-10-24(11-9-23)19-21-6-3-7-22-19/h3-7,12-14H,8-11,15H2,1-2H3/p+1. The van der Waals surface area contributed by atoms with Crippen LogP contribution >= 0.6 is 12.2 Å². The molecule has 0 radical (unpaired) electrons. The minimum Gasteiger partial charge on any atom is -0.330 e. The Morgan fingerprint density at radius 2 is 1.81 bits per heavy atom. The number of aromatic nitrogens is 4. The second-order valence-electron chi connectivity index (χ2n) is 7.15. The third-order valence-electron chi connectivity index (χ3n) is 5.16. The van der Waals surface area contributed by atoms with Crippen molar-refractivity contribution < 1.29 is 4.90 Å². The largest absolute Gasteiger partial charge is 0.330 e. The Hall–Kier alpha value is -2.51. The summed E-state index contributed by atoms with van der Waals surface area (Å²) in [4.78, 5) is 12.5. The highest BCUT2D eigenvalue weighted by molar-refractivity contribution is 7.71. The van der Waals surface area contributed by atoms with E-state index < -0.39 is 0 Å². The number of imidazole rings is 1. The molecule has 7 heteroatoms. The van der Waals surface area contributed by atoms with Gasteiger partial charge in [-0.1, -0.05) is 17.7 Å². The minimum atomic E-state index is 0.828. The summed E-state index contributed by atoms with van der Waals surface area (Å²) in [6.07, 6.45) is 7.78. The van der Waals surface area contributed by atoms with Crippen molar-refractivity contribution in [2.24, 2.45) is 0 Å². The number of hydrogen-bond acceptors (Lipinski definition) is 4. The van der Waals surface area contributed by atoms with Crippen molar-refractivity contribution in [3.8, 4) is 5.69 Å². The van der Waals surface area contributed by atoms with E-state index in [9.17, 15) is 0 Å². The summed E-state index contributed by atoms with van der Waals surface area (Å²) in [5.41, 5.74) is 3.67. The van der Waals surface area contributed by atoms with E-state index in [1.807, 2.05) is 6.07 Å². The third kappa shape index (κ3) is 3.79. The molecular weight excluding hydrogens is 356 g/mol. The van der Waals surface area contributed by atoms with Gasteiger partial charge in [-0.2, -0.15) is 0 Å². The normalized spacial score (nSPS) is 15.3. The second-order valence-corrected chi connectivity index (χ2v) is 7.52. The highest BCUT2D eigenvalue weighted by Crippen LogP contribution is 2.16. The van der Waals surface area contributed by atoms with Gasteiger partial charge in [0.05, 0.1) is 31.9 Å². The average molecular weight is 382 g/mol. The number of benzene rings is 1. The zero-order valence-corrected chi connectivity index (χ0v) is 16.6. The summed E-state index contributed by atoms with van der Waals surface area (Å²) in [6.45, 7) is 9.17. The summed E-state index contributed by atoms with van der Waals surface area (Å²) in [5, 5.41) is 0. The van der Waals surface area contributed by atoms with Gasteiger partial charge in [0.25, 0.3) is 0 Å². The zero-order chi connectivity index (χ0) is 18.8. The van der Waals surface area contributed by atoms with Crippen LogP contribution in [0.25, 0.3) is 5.69 Å². The van der Waals surface area contributed by atoms with Gasteiger partial charge in [-0.25, -0.2) is 9.97 Å². The van der Waals surface area contributed by atoms with Crippen LogP contribution in [0.2, 0.25) is 0 Å². The van der Waals surface area contributed by atoms with Crippen LogP contribution < -0.4 is 9.80 Å². The fraction of sp³-hybridized carbons (Fsp3) is 0.350. The molecule has 6 nitrogen and oxygen atoms in total. The van der Waals surface area contributed by atoms with E-state index in [1.165, 1.54) is 16.0 Å². The first kappa shape index (κ1) is 17.9. The van der Waals surface area contributed by atoms with Crippen molar-refractivity contribution in [1.29, 1.82) is 0 Å². The van der Waals surface area contributed by atoms with Crippen LogP contribution in [0.4, 0.5) is 5.95 Å². The topological polar surface area (TPSA) is 43.3 Å². The molecule has 0 saturated carbocycles. The van der Waals surface area contributed by atoms with Gasteiger partial charge in [0, 0.05) is 24.8 Å². The summed E-state index contributed by atoms with van der Waals surface area (Å²) in [7, 11) is 0. The SMILES string of the molecule is Cc1ccc(-n2ccn(C[NH+]3CCN(c4ncccn4)CC3)c2=S)c(C)c1. The Labute approximate surface area is 164 Å². The first-order valence-electron chi connectivity index (χ1n) is 9.33. The summed E-state index contributed by atoms with van der Waals surface area (Å²) in [6, 6.07) is 8.34. The third-order valence-corrected chi connectivity index (χ3v) is 5.59. The number of rotatable bonds is 4. The van der Waals surface area contributed by atoms with E-state index >= 15 is 0 Å². The lowest BCUT2D eigenvalue weighted by Gasteiger charge is -2.32. The zero-order valence-electron chi connectivity index (χ0n) is 15.8. The van der Waals surface area contributed by atoms with Crippen molar-refractivity contribution in [3.05, 3.63) is 65.0 Å². The van der Waals surface area contributed by atoms with Gasteiger partial charge >= 0.3 is 0 Å². The molecule has 1 saturated heterocycles. The highest BCUT2D eigenvalue weighted by atomic mass is 32.1. The molecule has 3 aromatic rings. The molecule has 0 bridgehead atoms. The van der Waals surface area contributed by atoms with E-state index in [1.54, 1.807) is 12.4 Å². The first-order chi connectivity index (χ1) is 13.1. The summed E-state index contributed by atoms with van der Waals surface area (Å²) < 4.78 is 5.14.